The maximum absolute atomic E-state index is 10.5. The molecule has 0 bridgehead atoms. The molecular weight excluding hydrogens is 366 g/mol. The predicted molar refractivity (Wildman–Crippen MR) is 117 cm³/mol. The zero-order valence-electron chi connectivity index (χ0n) is 16.0. The van der Waals surface area contributed by atoms with Crippen LogP contribution in [0.15, 0.2) is 77.7 Å². The standard InChI is InChI=1S/C24H25NO2S/c1-18-15-22(21-5-3-2-4-6-21)11-12-23(18)28-17-20-9-7-19(8-10-20)16-25-14-13-24(26)27/h2-12,15,25H,13-14,16-17H2,1H3,(H,26,27). The number of nitrogens with one attached hydrogen (secondary N) is 1. The lowest BCUT2D eigenvalue weighted by Crippen LogP contribution is -2.17. The summed E-state index contributed by atoms with van der Waals surface area (Å²) in [6.07, 6.45) is 0.150. The molecule has 0 aromatic heterocycles. The van der Waals surface area contributed by atoms with Crippen molar-refractivity contribution in [1.82, 2.24) is 5.32 Å². The Morgan fingerprint density at radius 2 is 1.64 bits per heavy atom. The average Bonchev–Trinajstić information content (AvgIpc) is 2.72. The van der Waals surface area contributed by atoms with E-state index in [0.29, 0.717) is 13.1 Å². The van der Waals surface area contributed by atoms with Gasteiger partial charge in [0.2, 0.25) is 0 Å². The summed E-state index contributed by atoms with van der Waals surface area (Å²) in [5.41, 5.74) is 6.25. The molecule has 0 aliphatic carbocycles. The molecular formula is C24H25NO2S. The van der Waals surface area contributed by atoms with E-state index in [4.69, 9.17) is 5.11 Å². The van der Waals surface area contributed by atoms with Gasteiger partial charge in [-0.25, -0.2) is 0 Å². The van der Waals surface area contributed by atoms with Gasteiger partial charge in [-0.15, -0.1) is 11.8 Å². The van der Waals surface area contributed by atoms with Gasteiger partial charge < -0.3 is 10.4 Å². The smallest absolute Gasteiger partial charge is 0.304 e. The first-order valence-corrected chi connectivity index (χ1v) is 10.4. The fraction of sp³-hybridized carbons (Fsp3) is 0.208. The molecule has 3 aromatic rings. The number of aryl methyl sites for hydroxylation is 1. The first-order valence-electron chi connectivity index (χ1n) is 9.41. The highest BCUT2D eigenvalue weighted by Crippen LogP contribution is 2.30. The molecule has 0 aliphatic rings. The first kappa shape index (κ1) is 20.2. The second-order valence-corrected chi connectivity index (χ2v) is 7.79. The minimum atomic E-state index is -0.771. The lowest BCUT2D eigenvalue weighted by atomic mass is 10.0. The van der Waals surface area contributed by atoms with Crippen molar-refractivity contribution in [3.05, 3.63) is 89.5 Å². The Balaban J connectivity index is 1.53. The summed E-state index contributed by atoms with van der Waals surface area (Å²) >= 11 is 1.85. The summed E-state index contributed by atoms with van der Waals surface area (Å²) in [6.45, 7) is 3.35. The monoisotopic (exact) mass is 391 g/mol. The quantitative estimate of drug-likeness (QED) is 0.372. The molecule has 0 unspecified atom stereocenters. The van der Waals surface area contributed by atoms with E-state index >= 15 is 0 Å². The SMILES string of the molecule is Cc1cc(-c2ccccc2)ccc1SCc1ccc(CNCCC(=O)O)cc1. The molecule has 0 radical (unpaired) electrons. The zero-order chi connectivity index (χ0) is 19.8. The van der Waals surface area contributed by atoms with Gasteiger partial charge in [0.05, 0.1) is 6.42 Å². The highest BCUT2D eigenvalue weighted by atomic mass is 32.2. The van der Waals surface area contributed by atoms with Crippen molar-refractivity contribution in [2.75, 3.05) is 6.54 Å². The maximum atomic E-state index is 10.5. The molecule has 3 rings (SSSR count). The topological polar surface area (TPSA) is 49.3 Å². The number of carbonyl (C=O) groups is 1. The summed E-state index contributed by atoms with van der Waals surface area (Å²) in [7, 11) is 0. The fourth-order valence-electron chi connectivity index (χ4n) is 2.96. The van der Waals surface area contributed by atoms with Crippen LogP contribution in [0.25, 0.3) is 11.1 Å². The lowest BCUT2D eigenvalue weighted by Gasteiger charge is -2.09. The zero-order valence-corrected chi connectivity index (χ0v) is 16.8. The Labute approximate surface area is 170 Å². The van der Waals surface area contributed by atoms with Gasteiger partial charge in [-0.05, 0) is 40.8 Å². The molecule has 4 heteroatoms. The van der Waals surface area contributed by atoms with Crippen molar-refractivity contribution in [2.24, 2.45) is 0 Å². The molecule has 144 valence electrons. The highest BCUT2D eigenvalue weighted by molar-refractivity contribution is 7.98. The van der Waals surface area contributed by atoms with E-state index < -0.39 is 5.97 Å². The molecule has 0 saturated heterocycles. The van der Waals surface area contributed by atoms with E-state index in [1.165, 1.54) is 32.7 Å². The highest BCUT2D eigenvalue weighted by Gasteiger charge is 2.04. The van der Waals surface area contributed by atoms with Crippen LogP contribution >= 0.6 is 11.8 Å². The summed E-state index contributed by atoms with van der Waals surface area (Å²) in [5.74, 6) is 0.157. The lowest BCUT2D eigenvalue weighted by molar-refractivity contribution is -0.136. The molecule has 0 spiro atoms. The number of rotatable bonds is 9. The van der Waals surface area contributed by atoms with Crippen LogP contribution in [-0.4, -0.2) is 17.6 Å². The van der Waals surface area contributed by atoms with Gasteiger partial charge in [0.1, 0.15) is 0 Å². The number of carboxylic acids is 1. The van der Waals surface area contributed by atoms with E-state index in [1.807, 2.05) is 17.8 Å². The molecule has 0 heterocycles. The molecule has 0 amide bonds. The van der Waals surface area contributed by atoms with Gasteiger partial charge in [0.25, 0.3) is 0 Å². The summed E-state index contributed by atoms with van der Waals surface area (Å²) in [6, 6.07) is 25.6. The minimum absolute atomic E-state index is 0.150. The molecule has 0 atom stereocenters. The number of hydrogen-bond donors (Lipinski definition) is 2. The van der Waals surface area contributed by atoms with Gasteiger partial charge in [0.15, 0.2) is 0 Å². The molecule has 28 heavy (non-hydrogen) atoms. The minimum Gasteiger partial charge on any atom is -0.481 e. The van der Waals surface area contributed by atoms with Crippen LogP contribution in [0.5, 0.6) is 0 Å². The number of thioether (sulfide) groups is 1. The normalized spacial score (nSPS) is 10.8. The van der Waals surface area contributed by atoms with E-state index in [9.17, 15) is 4.79 Å². The van der Waals surface area contributed by atoms with Crippen molar-refractivity contribution in [1.29, 1.82) is 0 Å². The predicted octanol–water partition coefficient (Wildman–Crippen LogP) is 5.52. The Hall–Kier alpha value is -2.56. The van der Waals surface area contributed by atoms with Gasteiger partial charge in [-0.3, -0.25) is 4.79 Å². The second-order valence-electron chi connectivity index (χ2n) is 6.77. The fourth-order valence-corrected chi connectivity index (χ4v) is 3.93. The van der Waals surface area contributed by atoms with Crippen LogP contribution in [0.2, 0.25) is 0 Å². The van der Waals surface area contributed by atoms with Crippen LogP contribution in [0.3, 0.4) is 0 Å². The summed E-state index contributed by atoms with van der Waals surface area (Å²) < 4.78 is 0. The third-order valence-electron chi connectivity index (χ3n) is 4.54. The van der Waals surface area contributed by atoms with Gasteiger partial charge >= 0.3 is 5.97 Å². The first-order chi connectivity index (χ1) is 13.6. The number of hydrogen-bond acceptors (Lipinski definition) is 3. The maximum Gasteiger partial charge on any atom is 0.304 e. The van der Waals surface area contributed by atoms with Crippen molar-refractivity contribution in [3.8, 4) is 11.1 Å². The molecule has 2 N–H and O–H groups in total. The van der Waals surface area contributed by atoms with Crippen molar-refractivity contribution >= 4 is 17.7 Å². The Morgan fingerprint density at radius 1 is 0.929 bits per heavy atom. The van der Waals surface area contributed by atoms with Crippen LogP contribution < -0.4 is 5.32 Å². The van der Waals surface area contributed by atoms with Crippen LogP contribution in [0, 0.1) is 6.92 Å². The third kappa shape index (κ3) is 5.98. The van der Waals surface area contributed by atoms with E-state index in [1.54, 1.807) is 0 Å². The molecule has 0 aliphatic heterocycles. The molecule has 3 nitrogen and oxygen atoms in total. The van der Waals surface area contributed by atoms with Gasteiger partial charge in [0, 0.05) is 23.7 Å². The van der Waals surface area contributed by atoms with Crippen molar-refractivity contribution in [2.45, 2.75) is 30.5 Å². The van der Waals surface area contributed by atoms with Crippen LogP contribution in [0.4, 0.5) is 0 Å². The van der Waals surface area contributed by atoms with Crippen LogP contribution in [-0.2, 0) is 17.1 Å². The molecule has 0 fully saturated rings. The van der Waals surface area contributed by atoms with E-state index in [0.717, 1.165) is 5.75 Å². The van der Waals surface area contributed by atoms with Crippen molar-refractivity contribution < 1.29 is 9.90 Å². The Morgan fingerprint density at radius 3 is 2.32 bits per heavy atom. The van der Waals surface area contributed by atoms with E-state index in [-0.39, 0.29) is 6.42 Å². The van der Waals surface area contributed by atoms with Crippen LogP contribution in [0.1, 0.15) is 23.1 Å². The summed E-state index contributed by atoms with van der Waals surface area (Å²) in [4.78, 5) is 11.8. The Kier molecular flexibility index (Phi) is 7.29. The average molecular weight is 392 g/mol. The number of carboxylic acid groups (broad SMARTS) is 1. The number of benzene rings is 3. The summed E-state index contributed by atoms with van der Waals surface area (Å²) in [5, 5.41) is 11.8. The largest absolute Gasteiger partial charge is 0.481 e. The van der Waals surface area contributed by atoms with Gasteiger partial charge in [-0.1, -0.05) is 66.7 Å². The third-order valence-corrected chi connectivity index (χ3v) is 5.79. The van der Waals surface area contributed by atoms with Crippen molar-refractivity contribution in [3.63, 3.8) is 0 Å². The Bertz CT molecular complexity index is 908. The molecule has 0 saturated carbocycles. The van der Waals surface area contributed by atoms with Gasteiger partial charge in [-0.2, -0.15) is 0 Å². The molecule has 3 aromatic carbocycles. The second kappa shape index (κ2) is 10.1. The number of aliphatic carboxylic acids is 1. The van der Waals surface area contributed by atoms with E-state index in [2.05, 4.69) is 79.0 Å².